The van der Waals surface area contributed by atoms with Crippen molar-refractivity contribution in [2.75, 3.05) is 18.8 Å². The Hall–Kier alpha value is -2.94. The van der Waals surface area contributed by atoms with Gasteiger partial charge in [-0.3, -0.25) is 14.7 Å². The average Bonchev–Trinajstić information content (AvgIpc) is 3.41. The third-order valence-electron chi connectivity index (χ3n) is 7.91. The molecule has 5 heterocycles. The Kier molecular flexibility index (Phi) is 8.45. The highest BCUT2D eigenvalue weighted by Crippen LogP contribution is 2.48. The molecule has 14 heteroatoms. The number of piperidine rings is 1. The largest absolute Gasteiger partial charge is 0.451 e. The highest BCUT2D eigenvalue weighted by molar-refractivity contribution is 7.91. The summed E-state index contributed by atoms with van der Waals surface area (Å²) in [6.45, 7) is 6.99. The van der Waals surface area contributed by atoms with Crippen LogP contribution >= 0.6 is 11.3 Å². The molecule has 3 aromatic rings. The summed E-state index contributed by atoms with van der Waals surface area (Å²) in [5, 5.41) is 2.88. The second-order valence-corrected chi connectivity index (χ2v) is 14.0. The lowest BCUT2D eigenvalue weighted by Gasteiger charge is -2.47. The van der Waals surface area contributed by atoms with Crippen LogP contribution < -0.4 is 5.32 Å². The molecule has 0 radical (unpaired) electrons. The maximum atomic E-state index is 13.1. The van der Waals surface area contributed by atoms with Crippen molar-refractivity contribution >= 4 is 27.1 Å². The van der Waals surface area contributed by atoms with E-state index in [9.17, 15) is 26.4 Å². The summed E-state index contributed by atoms with van der Waals surface area (Å²) in [7, 11) is -3.34. The highest BCUT2D eigenvalue weighted by Gasteiger charge is 2.45. The van der Waals surface area contributed by atoms with E-state index in [1.165, 1.54) is 36.0 Å². The first-order valence-corrected chi connectivity index (χ1v) is 16.2. The fourth-order valence-electron chi connectivity index (χ4n) is 5.52. The topological polar surface area (TPSA) is 114 Å². The lowest BCUT2D eigenvalue weighted by molar-refractivity contribution is -0.145. The molecule has 2 aliphatic heterocycles. The molecule has 1 unspecified atom stereocenters. The number of pyridine rings is 1. The fraction of sp³-hybridized carbons (Fsp3) is 0.500. The van der Waals surface area contributed by atoms with E-state index in [-0.39, 0.29) is 35.2 Å². The molecule has 0 saturated carbocycles. The maximum absolute atomic E-state index is 13.1. The number of rotatable bonds is 7. The molecule has 5 rings (SSSR count). The van der Waals surface area contributed by atoms with E-state index >= 15 is 0 Å². The minimum Gasteiger partial charge on any atom is -0.366 e. The van der Waals surface area contributed by atoms with Gasteiger partial charge in [-0.2, -0.15) is 13.2 Å². The number of hydrogen-bond acceptors (Lipinski definition) is 9. The first-order chi connectivity index (χ1) is 19.8. The zero-order valence-electron chi connectivity index (χ0n) is 23.4. The number of nitrogens with one attached hydrogen (secondary N) is 1. The van der Waals surface area contributed by atoms with Gasteiger partial charge in [0, 0.05) is 48.2 Å². The number of carbonyl (C=O) groups excluding carboxylic acids is 1. The molecule has 3 aromatic heterocycles. The molecule has 1 spiro atoms. The fourth-order valence-corrected chi connectivity index (χ4v) is 7.64. The second kappa shape index (κ2) is 11.6. The van der Waals surface area contributed by atoms with Crippen molar-refractivity contribution in [3.63, 3.8) is 0 Å². The van der Waals surface area contributed by atoms with Crippen LogP contribution in [0.3, 0.4) is 0 Å². The summed E-state index contributed by atoms with van der Waals surface area (Å²) in [6, 6.07) is 4.85. The van der Waals surface area contributed by atoms with Gasteiger partial charge in [-0.05, 0) is 56.9 Å². The minimum atomic E-state index is -4.58. The Balaban J connectivity index is 1.25. The van der Waals surface area contributed by atoms with E-state index in [1.54, 1.807) is 13.0 Å². The molecule has 42 heavy (non-hydrogen) atoms. The molecular formula is C28H32F3N5O4S2. The minimum absolute atomic E-state index is 0.0111. The third kappa shape index (κ3) is 6.21. The molecule has 0 aliphatic carbocycles. The lowest BCUT2D eigenvalue weighted by Crippen LogP contribution is -2.48. The molecule has 1 amide bonds. The molecule has 2 aliphatic rings. The number of ether oxygens (including phenoxy) is 1. The zero-order chi connectivity index (χ0) is 30.3. The van der Waals surface area contributed by atoms with Gasteiger partial charge in [0.15, 0.2) is 9.84 Å². The Bertz CT molecular complexity index is 1530. The van der Waals surface area contributed by atoms with Crippen LogP contribution in [0.2, 0.25) is 0 Å². The predicted molar refractivity (Wildman–Crippen MR) is 150 cm³/mol. The van der Waals surface area contributed by atoms with Crippen LogP contribution in [0.1, 0.15) is 76.8 Å². The van der Waals surface area contributed by atoms with E-state index in [0.717, 1.165) is 10.4 Å². The molecule has 0 aromatic carbocycles. The van der Waals surface area contributed by atoms with Gasteiger partial charge in [0.1, 0.15) is 5.60 Å². The number of amides is 1. The van der Waals surface area contributed by atoms with Gasteiger partial charge in [0.05, 0.1) is 33.9 Å². The summed E-state index contributed by atoms with van der Waals surface area (Å²) in [5.74, 6) is -1.40. The maximum Gasteiger partial charge on any atom is 0.451 e. The molecule has 1 saturated heterocycles. The van der Waals surface area contributed by atoms with Gasteiger partial charge in [0.25, 0.3) is 5.91 Å². The number of sulfone groups is 1. The molecule has 1 fully saturated rings. The van der Waals surface area contributed by atoms with Crippen LogP contribution in [0.25, 0.3) is 0 Å². The normalized spacial score (nSPS) is 19.8. The number of hydrogen-bond donors (Lipinski definition) is 1. The molecule has 0 bridgehead atoms. The second-order valence-electron chi connectivity index (χ2n) is 10.7. The molecule has 226 valence electrons. The van der Waals surface area contributed by atoms with Crippen molar-refractivity contribution in [3.8, 4) is 0 Å². The first kappa shape index (κ1) is 30.5. The van der Waals surface area contributed by atoms with Gasteiger partial charge >= 0.3 is 6.18 Å². The van der Waals surface area contributed by atoms with E-state index in [4.69, 9.17) is 4.74 Å². The standard InChI is InChI=1S/C28H32F3N5O4S2/c1-4-42(38,39)22-6-5-21(32-16-22)15-33-25(37)23-12-19-11-17(2)40-27(24(19)41-23)7-9-36(10-8-27)18(3)20-13-34-26(35-14-20)28(29,30)31/h5-6,12-14,16-18H,4,7-11,15H2,1-3H3,(H,33,37)/t17-,18?/m1/s1. The number of nitrogens with zero attached hydrogens (tertiary/aromatic N) is 4. The predicted octanol–water partition coefficient (Wildman–Crippen LogP) is 4.69. The van der Waals surface area contributed by atoms with E-state index in [0.29, 0.717) is 48.5 Å². The zero-order valence-corrected chi connectivity index (χ0v) is 25.1. The number of fused-ring (bicyclic) bond motifs is 2. The monoisotopic (exact) mass is 623 g/mol. The molecular weight excluding hydrogens is 591 g/mol. The molecule has 2 atom stereocenters. The Morgan fingerprint density at radius 3 is 2.48 bits per heavy atom. The van der Waals surface area contributed by atoms with Crippen molar-refractivity contribution in [1.29, 1.82) is 0 Å². The number of alkyl halides is 3. The Morgan fingerprint density at radius 2 is 1.88 bits per heavy atom. The van der Waals surface area contributed by atoms with Gasteiger partial charge in [-0.15, -0.1) is 11.3 Å². The number of aromatic nitrogens is 3. The number of likely N-dealkylation sites (tertiary alicyclic amines) is 1. The number of halogens is 3. The van der Waals surface area contributed by atoms with E-state index < -0.39 is 27.4 Å². The molecule has 1 N–H and O–H groups in total. The van der Waals surface area contributed by atoms with Crippen LogP contribution in [0.4, 0.5) is 13.2 Å². The quantitative estimate of drug-likeness (QED) is 0.403. The van der Waals surface area contributed by atoms with E-state index in [1.807, 2.05) is 19.9 Å². The number of carbonyl (C=O) groups is 1. The Morgan fingerprint density at radius 1 is 1.19 bits per heavy atom. The van der Waals surface area contributed by atoms with Crippen LogP contribution in [0.15, 0.2) is 41.7 Å². The van der Waals surface area contributed by atoms with Crippen molar-refractivity contribution in [2.45, 2.75) is 75.4 Å². The SMILES string of the molecule is CCS(=O)(=O)c1ccc(CNC(=O)c2cc3c(s2)C2(CCN(C(C)c4cnc(C(F)(F)F)nc4)CC2)O[C@H](C)C3)nc1. The summed E-state index contributed by atoms with van der Waals surface area (Å²) in [6.07, 6.45) is 1.22. The summed E-state index contributed by atoms with van der Waals surface area (Å²) < 4.78 is 69.2. The smallest absolute Gasteiger partial charge is 0.366 e. The van der Waals surface area contributed by atoms with Crippen LogP contribution in [-0.4, -0.2) is 59.1 Å². The van der Waals surface area contributed by atoms with E-state index in [2.05, 4.69) is 25.2 Å². The van der Waals surface area contributed by atoms with Gasteiger partial charge in [0.2, 0.25) is 5.82 Å². The Labute approximate surface area is 246 Å². The summed E-state index contributed by atoms with van der Waals surface area (Å²) in [5.41, 5.74) is 1.72. The van der Waals surface area contributed by atoms with Gasteiger partial charge < -0.3 is 10.1 Å². The summed E-state index contributed by atoms with van der Waals surface area (Å²) in [4.78, 5) is 28.2. The van der Waals surface area contributed by atoms with Crippen molar-refractivity contribution < 1.29 is 31.1 Å². The lowest BCUT2D eigenvalue weighted by atomic mass is 9.83. The van der Waals surface area contributed by atoms with Gasteiger partial charge in [-0.25, -0.2) is 18.4 Å². The van der Waals surface area contributed by atoms with Crippen LogP contribution in [0.5, 0.6) is 0 Å². The number of thiophene rings is 1. The third-order valence-corrected chi connectivity index (χ3v) is 11.0. The van der Waals surface area contributed by atoms with Gasteiger partial charge in [-0.1, -0.05) is 6.92 Å². The first-order valence-electron chi connectivity index (χ1n) is 13.7. The van der Waals surface area contributed by atoms with Crippen LogP contribution in [-0.2, 0) is 39.3 Å². The average molecular weight is 624 g/mol. The van der Waals surface area contributed by atoms with Crippen molar-refractivity contribution in [2.24, 2.45) is 0 Å². The summed E-state index contributed by atoms with van der Waals surface area (Å²) >= 11 is 1.42. The van der Waals surface area contributed by atoms with Crippen molar-refractivity contribution in [1.82, 2.24) is 25.2 Å². The van der Waals surface area contributed by atoms with Crippen LogP contribution in [0, 0.1) is 0 Å². The highest BCUT2D eigenvalue weighted by atomic mass is 32.2. The molecule has 9 nitrogen and oxygen atoms in total. The van der Waals surface area contributed by atoms with Crippen molar-refractivity contribution in [3.05, 3.63) is 69.2 Å².